The molecule has 1 fully saturated rings. The number of aliphatic hydroxyl groups excluding tert-OH is 1. The Morgan fingerprint density at radius 1 is 1.58 bits per heavy atom. The Labute approximate surface area is 120 Å². The molecule has 0 saturated heterocycles. The standard InChI is InChI=1S/C15H26N2OS/c1-11(2)7-14-17-9-12(19-14)8-16-13-5-4-6-15(13,3)10-18/h9,11,13,16,18H,4-8,10H2,1-3H3. The summed E-state index contributed by atoms with van der Waals surface area (Å²) in [5, 5.41) is 14.4. The molecule has 0 aliphatic heterocycles. The summed E-state index contributed by atoms with van der Waals surface area (Å²) < 4.78 is 0. The van der Waals surface area contributed by atoms with Gasteiger partial charge in [-0.1, -0.05) is 27.2 Å². The molecule has 1 aromatic rings. The minimum Gasteiger partial charge on any atom is -0.396 e. The third-order valence-electron chi connectivity index (χ3n) is 4.15. The van der Waals surface area contributed by atoms with Crippen molar-refractivity contribution < 1.29 is 5.11 Å². The number of thiazole rings is 1. The number of aromatic nitrogens is 1. The van der Waals surface area contributed by atoms with Gasteiger partial charge in [0.25, 0.3) is 0 Å². The quantitative estimate of drug-likeness (QED) is 0.843. The van der Waals surface area contributed by atoms with Crippen LogP contribution in [0.3, 0.4) is 0 Å². The van der Waals surface area contributed by atoms with Gasteiger partial charge in [-0.15, -0.1) is 11.3 Å². The van der Waals surface area contributed by atoms with Gasteiger partial charge in [-0.2, -0.15) is 0 Å². The first-order chi connectivity index (χ1) is 9.03. The van der Waals surface area contributed by atoms with E-state index in [2.05, 4.69) is 31.1 Å². The van der Waals surface area contributed by atoms with E-state index in [-0.39, 0.29) is 12.0 Å². The minimum atomic E-state index is 0.0610. The molecule has 3 nitrogen and oxygen atoms in total. The van der Waals surface area contributed by atoms with Crippen molar-refractivity contribution in [3.05, 3.63) is 16.1 Å². The average molecular weight is 282 g/mol. The molecule has 1 heterocycles. The highest BCUT2D eigenvalue weighted by molar-refractivity contribution is 7.11. The summed E-state index contributed by atoms with van der Waals surface area (Å²) in [6.07, 6.45) is 6.59. The molecule has 0 bridgehead atoms. The lowest BCUT2D eigenvalue weighted by molar-refractivity contribution is 0.118. The van der Waals surface area contributed by atoms with Gasteiger partial charge in [-0.05, 0) is 18.8 Å². The lowest BCUT2D eigenvalue weighted by Crippen LogP contribution is -2.41. The van der Waals surface area contributed by atoms with E-state index in [1.807, 2.05) is 17.5 Å². The molecule has 2 unspecified atom stereocenters. The van der Waals surface area contributed by atoms with Crippen molar-refractivity contribution >= 4 is 11.3 Å². The van der Waals surface area contributed by atoms with Crippen LogP contribution < -0.4 is 5.32 Å². The molecular weight excluding hydrogens is 256 g/mol. The van der Waals surface area contributed by atoms with E-state index in [0.717, 1.165) is 19.4 Å². The largest absolute Gasteiger partial charge is 0.396 e. The summed E-state index contributed by atoms with van der Waals surface area (Å²) in [7, 11) is 0. The number of nitrogens with one attached hydrogen (secondary N) is 1. The molecule has 2 rings (SSSR count). The summed E-state index contributed by atoms with van der Waals surface area (Å²) in [5.41, 5.74) is 0.0610. The van der Waals surface area contributed by atoms with Gasteiger partial charge in [0, 0.05) is 42.1 Å². The molecule has 2 atom stereocenters. The number of hydrogen-bond acceptors (Lipinski definition) is 4. The molecular formula is C15H26N2OS. The molecule has 0 radical (unpaired) electrons. The number of hydrogen-bond donors (Lipinski definition) is 2. The Kier molecular flexibility index (Phi) is 4.98. The second-order valence-corrected chi connectivity index (χ2v) is 7.66. The predicted octanol–water partition coefficient (Wildman–Crippen LogP) is 2.98. The zero-order chi connectivity index (χ0) is 13.9. The molecule has 1 aliphatic rings. The number of rotatable bonds is 6. The van der Waals surface area contributed by atoms with E-state index in [4.69, 9.17) is 0 Å². The van der Waals surface area contributed by atoms with Crippen LogP contribution in [0.1, 0.15) is 49.9 Å². The second-order valence-electron chi connectivity index (χ2n) is 6.46. The molecule has 0 aromatic carbocycles. The molecule has 4 heteroatoms. The third kappa shape index (κ3) is 3.77. The van der Waals surface area contributed by atoms with E-state index in [0.29, 0.717) is 12.0 Å². The normalized spacial score (nSPS) is 27.3. The molecule has 108 valence electrons. The molecule has 1 saturated carbocycles. The van der Waals surface area contributed by atoms with E-state index in [9.17, 15) is 5.11 Å². The Morgan fingerprint density at radius 3 is 3.05 bits per heavy atom. The molecule has 1 aliphatic carbocycles. The van der Waals surface area contributed by atoms with E-state index in [1.165, 1.54) is 22.7 Å². The minimum absolute atomic E-state index is 0.0610. The Morgan fingerprint density at radius 2 is 2.37 bits per heavy atom. The van der Waals surface area contributed by atoms with E-state index in [1.54, 1.807) is 0 Å². The highest BCUT2D eigenvalue weighted by atomic mass is 32.1. The average Bonchev–Trinajstić information content (AvgIpc) is 2.94. The molecule has 1 aromatic heterocycles. The van der Waals surface area contributed by atoms with Gasteiger partial charge in [0.2, 0.25) is 0 Å². The van der Waals surface area contributed by atoms with Crippen molar-refractivity contribution in [1.82, 2.24) is 10.3 Å². The highest BCUT2D eigenvalue weighted by Gasteiger charge is 2.37. The van der Waals surface area contributed by atoms with Gasteiger partial charge in [-0.3, -0.25) is 0 Å². The van der Waals surface area contributed by atoms with Crippen LogP contribution in [0.2, 0.25) is 0 Å². The van der Waals surface area contributed by atoms with Crippen molar-refractivity contribution in [2.45, 2.75) is 59.0 Å². The van der Waals surface area contributed by atoms with Gasteiger partial charge in [-0.25, -0.2) is 4.98 Å². The fourth-order valence-corrected chi connectivity index (χ4v) is 3.95. The smallest absolute Gasteiger partial charge is 0.0930 e. The summed E-state index contributed by atoms with van der Waals surface area (Å²) in [5.74, 6) is 0.666. The van der Waals surface area contributed by atoms with Crippen molar-refractivity contribution in [2.24, 2.45) is 11.3 Å². The summed E-state index contributed by atoms with van der Waals surface area (Å²) >= 11 is 1.82. The predicted molar refractivity (Wildman–Crippen MR) is 80.3 cm³/mol. The van der Waals surface area contributed by atoms with E-state index >= 15 is 0 Å². The van der Waals surface area contributed by atoms with Crippen LogP contribution >= 0.6 is 11.3 Å². The molecule has 19 heavy (non-hydrogen) atoms. The summed E-state index contributed by atoms with van der Waals surface area (Å²) in [4.78, 5) is 5.80. The maximum atomic E-state index is 9.55. The van der Waals surface area contributed by atoms with Crippen LogP contribution in [0.5, 0.6) is 0 Å². The Balaban J connectivity index is 1.87. The monoisotopic (exact) mass is 282 g/mol. The van der Waals surface area contributed by atoms with Crippen LogP contribution in [-0.4, -0.2) is 22.7 Å². The maximum absolute atomic E-state index is 9.55. The Bertz CT molecular complexity index is 405. The van der Waals surface area contributed by atoms with Crippen LogP contribution in [0.4, 0.5) is 0 Å². The maximum Gasteiger partial charge on any atom is 0.0930 e. The van der Waals surface area contributed by atoms with Crippen molar-refractivity contribution in [1.29, 1.82) is 0 Å². The number of nitrogens with zero attached hydrogens (tertiary/aromatic N) is 1. The summed E-state index contributed by atoms with van der Waals surface area (Å²) in [6, 6.07) is 0.438. The first-order valence-electron chi connectivity index (χ1n) is 7.31. The number of aliphatic hydroxyl groups is 1. The molecule has 0 amide bonds. The first kappa shape index (κ1) is 14.9. The Hall–Kier alpha value is -0.450. The van der Waals surface area contributed by atoms with Crippen LogP contribution in [0, 0.1) is 11.3 Å². The third-order valence-corrected chi connectivity index (χ3v) is 5.17. The van der Waals surface area contributed by atoms with Crippen molar-refractivity contribution in [3.8, 4) is 0 Å². The van der Waals surface area contributed by atoms with E-state index < -0.39 is 0 Å². The highest BCUT2D eigenvalue weighted by Crippen LogP contribution is 2.37. The summed E-state index contributed by atoms with van der Waals surface area (Å²) in [6.45, 7) is 7.81. The molecule has 2 N–H and O–H groups in total. The first-order valence-corrected chi connectivity index (χ1v) is 8.13. The van der Waals surface area contributed by atoms with Crippen molar-refractivity contribution in [3.63, 3.8) is 0 Å². The second kappa shape index (κ2) is 6.33. The van der Waals surface area contributed by atoms with Crippen LogP contribution in [0.15, 0.2) is 6.20 Å². The lowest BCUT2D eigenvalue weighted by atomic mass is 9.86. The topological polar surface area (TPSA) is 45.2 Å². The lowest BCUT2D eigenvalue weighted by Gasteiger charge is -2.30. The van der Waals surface area contributed by atoms with Gasteiger partial charge < -0.3 is 10.4 Å². The van der Waals surface area contributed by atoms with Gasteiger partial charge in [0.05, 0.1) is 5.01 Å². The zero-order valence-electron chi connectivity index (χ0n) is 12.3. The van der Waals surface area contributed by atoms with Crippen molar-refractivity contribution in [2.75, 3.05) is 6.61 Å². The van der Waals surface area contributed by atoms with Crippen LogP contribution in [0.25, 0.3) is 0 Å². The van der Waals surface area contributed by atoms with Crippen LogP contribution in [-0.2, 0) is 13.0 Å². The van der Waals surface area contributed by atoms with Gasteiger partial charge in [0.15, 0.2) is 0 Å². The van der Waals surface area contributed by atoms with Gasteiger partial charge >= 0.3 is 0 Å². The molecule has 0 spiro atoms. The fraction of sp³-hybridized carbons (Fsp3) is 0.800. The fourth-order valence-electron chi connectivity index (χ4n) is 2.87. The zero-order valence-corrected chi connectivity index (χ0v) is 13.1. The SMILES string of the molecule is CC(C)Cc1ncc(CNC2CCCC2(C)CO)s1. The van der Waals surface area contributed by atoms with Gasteiger partial charge in [0.1, 0.15) is 0 Å².